The first kappa shape index (κ1) is 30.3. The van der Waals surface area contributed by atoms with E-state index in [1.54, 1.807) is 23.1 Å². The summed E-state index contributed by atoms with van der Waals surface area (Å²) in [6.45, 7) is 3.49. The first-order valence-electron chi connectivity index (χ1n) is 14.6. The first-order valence-corrected chi connectivity index (χ1v) is 14.6. The fourth-order valence-electron chi connectivity index (χ4n) is 5.61. The van der Waals surface area contributed by atoms with Crippen molar-refractivity contribution in [2.24, 2.45) is 10.9 Å². The molecule has 2 aliphatic heterocycles. The Hall–Kier alpha value is -5.18. The molecule has 0 radical (unpaired) electrons. The van der Waals surface area contributed by atoms with Crippen LogP contribution in [0.1, 0.15) is 58.6 Å². The Morgan fingerprint density at radius 2 is 1.84 bits per heavy atom. The van der Waals surface area contributed by atoms with Crippen LogP contribution in [0.15, 0.2) is 51.9 Å². The molecule has 44 heavy (non-hydrogen) atoms. The number of hydrogen-bond donors (Lipinski definition) is 3. The van der Waals surface area contributed by atoms with Crippen molar-refractivity contribution in [3.8, 4) is 11.8 Å². The number of anilines is 1. The van der Waals surface area contributed by atoms with E-state index in [0.717, 1.165) is 30.4 Å². The molecule has 2 amide bonds. The number of nitrogens with one attached hydrogen (secondary N) is 1. The molecule has 3 aromatic rings. The zero-order valence-corrected chi connectivity index (χ0v) is 24.3. The van der Waals surface area contributed by atoms with Crippen molar-refractivity contribution in [1.29, 1.82) is 5.26 Å². The highest BCUT2D eigenvalue weighted by molar-refractivity contribution is 6.18. The number of aliphatic imine (C=N–C) groups is 1. The van der Waals surface area contributed by atoms with Crippen LogP contribution >= 0.6 is 0 Å². The number of furan rings is 1. The van der Waals surface area contributed by atoms with Crippen LogP contribution in [0.5, 0.6) is 5.75 Å². The van der Waals surface area contributed by atoms with Gasteiger partial charge in [-0.05, 0) is 81.5 Å². The van der Waals surface area contributed by atoms with Crippen LogP contribution in [-0.4, -0.2) is 81.6 Å². The number of benzene rings is 2. The van der Waals surface area contributed by atoms with Gasteiger partial charge < -0.3 is 29.7 Å². The van der Waals surface area contributed by atoms with Gasteiger partial charge in [-0.3, -0.25) is 19.4 Å². The number of carbonyl (C=O) groups is 4. The average Bonchev–Trinajstić information content (AvgIpc) is 3.63. The Balaban J connectivity index is 1.50. The third-order valence-electron chi connectivity index (χ3n) is 7.92. The Morgan fingerprint density at radius 3 is 2.57 bits per heavy atom. The Kier molecular flexibility index (Phi) is 8.94. The maximum absolute atomic E-state index is 13.7. The molecule has 1 unspecified atom stereocenters. The number of nitrogens with zero attached hydrogens (tertiary/aromatic N) is 4. The summed E-state index contributed by atoms with van der Waals surface area (Å²) in [5, 5.41) is 33.5. The second kappa shape index (κ2) is 13.0. The minimum atomic E-state index is -1.54. The molecule has 12 heteroatoms. The number of rotatable bonds is 8. The number of amidine groups is 1. The van der Waals surface area contributed by atoms with E-state index >= 15 is 0 Å². The van der Waals surface area contributed by atoms with Crippen molar-refractivity contribution >= 4 is 46.1 Å². The van der Waals surface area contributed by atoms with Gasteiger partial charge in [0.25, 0.3) is 0 Å². The molecular weight excluding hydrogens is 566 g/mol. The van der Waals surface area contributed by atoms with E-state index in [9.17, 15) is 34.7 Å². The molecule has 5 rings (SSSR count). The second-order valence-electron chi connectivity index (χ2n) is 11.1. The van der Waals surface area contributed by atoms with Crippen LogP contribution in [0.25, 0.3) is 11.0 Å². The number of amides is 2. The summed E-state index contributed by atoms with van der Waals surface area (Å²) in [6.07, 6.45) is 3.55. The summed E-state index contributed by atoms with van der Waals surface area (Å²) >= 11 is 0. The summed E-state index contributed by atoms with van der Waals surface area (Å²) in [7, 11) is 0. The van der Waals surface area contributed by atoms with Crippen molar-refractivity contribution in [2.75, 3.05) is 31.5 Å². The van der Waals surface area contributed by atoms with Gasteiger partial charge in [-0.25, -0.2) is 4.79 Å². The predicted octanol–water partition coefficient (Wildman–Crippen LogP) is 3.98. The minimum absolute atomic E-state index is 0.0593. The van der Waals surface area contributed by atoms with Gasteiger partial charge in [0.1, 0.15) is 34.5 Å². The van der Waals surface area contributed by atoms with E-state index in [1.165, 1.54) is 11.0 Å². The molecule has 2 fully saturated rings. The van der Waals surface area contributed by atoms with Gasteiger partial charge in [-0.1, -0.05) is 0 Å². The lowest BCUT2D eigenvalue weighted by Gasteiger charge is -2.25. The third-order valence-corrected chi connectivity index (χ3v) is 7.92. The highest BCUT2D eigenvalue weighted by Gasteiger charge is 2.33. The summed E-state index contributed by atoms with van der Waals surface area (Å²) in [5.41, 5.74) is 0.524. The second-order valence-corrected chi connectivity index (χ2v) is 11.1. The molecule has 3 heterocycles. The molecule has 228 valence electrons. The van der Waals surface area contributed by atoms with Crippen molar-refractivity contribution in [3.63, 3.8) is 0 Å². The Bertz CT molecular complexity index is 1680. The number of Topliss-reactive ketones (excluding diaryl/α,β-unsaturated/α-hetero) is 1. The van der Waals surface area contributed by atoms with Gasteiger partial charge in [0.15, 0.2) is 11.7 Å². The summed E-state index contributed by atoms with van der Waals surface area (Å²) < 4.78 is 5.65. The van der Waals surface area contributed by atoms with E-state index in [0.29, 0.717) is 55.9 Å². The average molecular weight is 600 g/mol. The van der Waals surface area contributed by atoms with Crippen LogP contribution in [0.2, 0.25) is 0 Å². The van der Waals surface area contributed by atoms with Gasteiger partial charge in [0.05, 0.1) is 12.6 Å². The van der Waals surface area contributed by atoms with Crippen LogP contribution in [0, 0.1) is 24.2 Å². The summed E-state index contributed by atoms with van der Waals surface area (Å²) in [5.74, 6) is -4.13. The number of carboxylic acids is 1. The van der Waals surface area contributed by atoms with E-state index in [1.807, 2.05) is 19.1 Å². The van der Waals surface area contributed by atoms with Crippen molar-refractivity contribution < 1.29 is 33.8 Å². The van der Waals surface area contributed by atoms with Crippen LogP contribution in [0.4, 0.5) is 5.69 Å². The summed E-state index contributed by atoms with van der Waals surface area (Å²) in [4.78, 5) is 59.8. The standard InChI is InChI=1S/C32H33N5O7/c1-19-14-21-15-22(8-10-27(21)44-19)34-30(24(17-33)29(40)20-7-9-26(38)23(16-20)32(42)43)35-25-6-2-3-13-37(31(25)41)18-28(39)36-11-4-5-12-36/h7-10,14-16,24-25,38H,2-6,11-13,18H2,1H3,(H,34,35)(H,42,43)/t24?,25-/m0/s1. The molecule has 0 aliphatic carbocycles. The normalized spacial score (nSPS) is 18.1. The molecule has 2 aromatic carbocycles. The maximum Gasteiger partial charge on any atom is 0.339 e. The number of carboxylic acid groups (broad SMARTS) is 1. The molecule has 3 N–H and O–H groups in total. The molecule has 0 saturated carbocycles. The number of aromatic hydroxyl groups is 1. The molecule has 2 atom stereocenters. The number of fused-ring (bicyclic) bond motifs is 1. The number of ketones is 1. The van der Waals surface area contributed by atoms with Crippen LogP contribution in [0.3, 0.4) is 0 Å². The molecule has 2 saturated heterocycles. The van der Waals surface area contributed by atoms with Crippen LogP contribution < -0.4 is 5.32 Å². The molecule has 1 aromatic heterocycles. The number of hydrogen-bond acceptors (Lipinski definition) is 8. The van der Waals surface area contributed by atoms with E-state index in [-0.39, 0.29) is 29.8 Å². The molecule has 0 spiro atoms. The number of nitriles is 1. The zero-order valence-electron chi connectivity index (χ0n) is 24.3. The number of aryl methyl sites for hydroxylation is 1. The zero-order chi connectivity index (χ0) is 31.4. The first-order chi connectivity index (χ1) is 21.1. The fraction of sp³-hybridized carbons (Fsp3) is 0.375. The Morgan fingerprint density at radius 1 is 1.09 bits per heavy atom. The van der Waals surface area contributed by atoms with E-state index < -0.39 is 35.0 Å². The minimum Gasteiger partial charge on any atom is -0.507 e. The topological polar surface area (TPSA) is 177 Å². The van der Waals surface area contributed by atoms with Gasteiger partial charge in [-0.15, -0.1) is 0 Å². The Labute approximate surface area is 253 Å². The molecule has 12 nitrogen and oxygen atoms in total. The monoisotopic (exact) mass is 599 g/mol. The SMILES string of the molecule is Cc1cc2cc(NC(=N[C@H]3CCCCN(CC(=O)N4CCCC4)C3=O)C(C#N)C(=O)c3ccc(O)c(C(=O)O)c3)ccc2o1. The lowest BCUT2D eigenvalue weighted by Crippen LogP contribution is -2.45. The van der Waals surface area contributed by atoms with Gasteiger partial charge in [0, 0.05) is 36.3 Å². The summed E-state index contributed by atoms with van der Waals surface area (Å²) in [6, 6.07) is 11.3. The number of aromatic carboxylic acids is 1. The van der Waals surface area contributed by atoms with E-state index in [2.05, 4.69) is 10.3 Å². The lowest BCUT2D eigenvalue weighted by molar-refractivity contribution is -0.140. The van der Waals surface area contributed by atoms with Gasteiger partial charge in [-0.2, -0.15) is 5.26 Å². The quantitative estimate of drug-likeness (QED) is 0.196. The highest BCUT2D eigenvalue weighted by Crippen LogP contribution is 2.26. The predicted molar refractivity (Wildman–Crippen MR) is 161 cm³/mol. The smallest absolute Gasteiger partial charge is 0.339 e. The van der Waals surface area contributed by atoms with Crippen molar-refractivity contribution in [3.05, 3.63) is 59.4 Å². The van der Waals surface area contributed by atoms with Gasteiger partial charge in [0.2, 0.25) is 11.8 Å². The number of carbonyl (C=O) groups excluding carboxylic acids is 3. The molecular formula is C32H33N5O7. The maximum atomic E-state index is 13.7. The van der Waals surface area contributed by atoms with Crippen LogP contribution in [-0.2, 0) is 9.59 Å². The number of likely N-dealkylation sites (tertiary alicyclic amines) is 2. The largest absolute Gasteiger partial charge is 0.507 e. The van der Waals surface area contributed by atoms with Crippen molar-refractivity contribution in [2.45, 2.75) is 45.1 Å². The lowest BCUT2D eigenvalue weighted by atomic mass is 9.95. The number of phenols is 1. The van der Waals surface area contributed by atoms with Crippen molar-refractivity contribution in [1.82, 2.24) is 9.80 Å². The highest BCUT2D eigenvalue weighted by atomic mass is 16.4. The van der Waals surface area contributed by atoms with E-state index in [4.69, 9.17) is 4.42 Å². The third kappa shape index (κ3) is 6.57. The van der Waals surface area contributed by atoms with Gasteiger partial charge >= 0.3 is 5.97 Å². The molecule has 2 aliphatic rings. The fourth-order valence-corrected chi connectivity index (χ4v) is 5.61. The molecule has 0 bridgehead atoms.